The number of hydrogen-bond acceptors (Lipinski definition) is 5. The third-order valence-corrected chi connectivity index (χ3v) is 3.92. The Bertz CT molecular complexity index is 721. The average molecular weight is 402 g/mol. The summed E-state index contributed by atoms with van der Waals surface area (Å²) in [5, 5.41) is 4.19. The molecule has 0 spiro atoms. The molecule has 0 saturated carbocycles. The zero-order valence-corrected chi connectivity index (χ0v) is 14.3. The van der Waals surface area contributed by atoms with Crippen LogP contribution in [0.25, 0.3) is 5.52 Å². The summed E-state index contributed by atoms with van der Waals surface area (Å²) in [6.45, 7) is 4.11. The minimum absolute atomic E-state index is 0.0387. The molecule has 0 radical (unpaired) electrons. The number of carbonyl (C=O) groups is 2. The molecule has 2 rings (SSSR count). The number of aromatic nitrogens is 2. The fourth-order valence-electron chi connectivity index (χ4n) is 2.00. The molecule has 0 fully saturated rings. The number of rotatable bonds is 3. The highest BCUT2D eigenvalue weighted by atomic mass is 127. The van der Waals surface area contributed by atoms with E-state index >= 15 is 0 Å². The maximum absolute atomic E-state index is 12.0. The van der Waals surface area contributed by atoms with Gasteiger partial charge in [0.1, 0.15) is 9.26 Å². The van der Waals surface area contributed by atoms with Crippen LogP contribution in [0.15, 0.2) is 12.1 Å². The van der Waals surface area contributed by atoms with Crippen LogP contribution in [0.4, 0.5) is 0 Å². The number of methoxy groups -OCH3 is 2. The Hall–Kier alpha value is -1.64. The van der Waals surface area contributed by atoms with Gasteiger partial charge in [-0.25, -0.2) is 14.1 Å². The van der Waals surface area contributed by atoms with Crippen LogP contribution < -0.4 is 0 Å². The zero-order valence-electron chi connectivity index (χ0n) is 12.1. The minimum atomic E-state index is -0.666. The molecule has 0 bridgehead atoms. The summed E-state index contributed by atoms with van der Waals surface area (Å²) in [4.78, 5) is 23.9. The van der Waals surface area contributed by atoms with E-state index in [4.69, 9.17) is 9.47 Å². The van der Waals surface area contributed by atoms with E-state index in [9.17, 15) is 9.59 Å². The predicted octanol–water partition coefficient (Wildman–Crippen LogP) is 2.64. The third kappa shape index (κ3) is 2.74. The molecule has 2 aromatic rings. The van der Waals surface area contributed by atoms with E-state index in [-0.39, 0.29) is 17.2 Å². The van der Waals surface area contributed by atoms with Crippen molar-refractivity contribution in [3.05, 3.63) is 32.7 Å². The first-order valence-electron chi connectivity index (χ1n) is 6.29. The van der Waals surface area contributed by atoms with Crippen LogP contribution >= 0.6 is 22.6 Å². The summed E-state index contributed by atoms with van der Waals surface area (Å²) in [7, 11) is 2.52. The van der Waals surface area contributed by atoms with Gasteiger partial charge < -0.3 is 9.47 Å². The van der Waals surface area contributed by atoms with Crippen molar-refractivity contribution in [2.24, 2.45) is 0 Å². The normalized spacial score (nSPS) is 11.0. The molecule has 0 saturated heterocycles. The van der Waals surface area contributed by atoms with Gasteiger partial charge in [0.25, 0.3) is 0 Å². The molecule has 0 amide bonds. The third-order valence-electron chi connectivity index (χ3n) is 3.15. The van der Waals surface area contributed by atoms with Gasteiger partial charge in [0, 0.05) is 0 Å². The number of nitrogens with zero attached hydrogens (tertiary/aromatic N) is 2. The summed E-state index contributed by atoms with van der Waals surface area (Å²) >= 11 is 2.11. The van der Waals surface area contributed by atoms with Gasteiger partial charge in [0.15, 0.2) is 5.69 Å². The summed E-state index contributed by atoms with van der Waals surface area (Å²) in [5.74, 6) is -0.992. The van der Waals surface area contributed by atoms with Crippen molar-refractivity contribution >= 4 is 40.0 Å². The van der Waals surface area contributed by atoms with Crippen LogP contribution in [0.1, 0.15) is 46.2 Å². The molecule has 0 N–H and O–H groups in total. The fourth-order valence-corrected chi connectivity index (χ4v) is 2.73. The van der Waals surface area contributed by atoms with Crippen molar-refractivity contribution in [1.82, 2.24) is 9.61 Å². The zero-order chi connectivity index (χ0) is 15.7. The van der Waals surface area contributed by atoms with Crippen molar-refractivity contribution in [3.63, 3.8) is 0 Å². The first kappa shape index (κ1) is 15.7. The highest BCUT2D eigenvalue weighted by Gasteiger charge is 2.27. The molecule has 2 heterocycles. The maximum atomic E-state index is 12.0. The largest absolute Gasteiger partial charge is 0.465 e. The van der Waals surface area contributed by atoms with Gasteiger partial charge in [0.2, 0.25) is 0 Å². The van der Waals surface area contributed by atoms with Crippen molar-refractivity contribution in [2.75, 3.05) is 14.2 Å². The van der Waals surface area contributed by atoms with E-state index < -0.39 is 11.9 Å². The van der Waals surface area contributed by atoms with Gasteiger partial charge >= 0.3 is 11.9 Å². The maximum Gasteiger partial charge on any atom is 0.359 e. The molecule has 0 aliphatic rings. The second kappa shape index (κ2) is 6.00. The van der Waals surface area contributed by atoms with Gasteiger partial charge in [-0.15, -0.1) is 0 Å². The molecule has 21 heavy (non-hydrogen) atoms. The Morgan fingerprint density at radius 3 is 2.33 bits per heavy atom. The van der Waals surface area contributed by atoms with E-state index in [0.29, 0.717) is 5.52 Å². The molecular weight excluding hydrogens is 387 g/mol. The number of ether oxygens (including phenoxy) is 2. The number of pyridine rings is 1. The number of esters is 2. The Kier molecular flexibility index (Phi) is 4.50. The van der Waals surface area contributed by atoms with Gasteiger partial charge in [-0.3, -0.25) is 0 Å². The van der Waals surface area contributed by atoms with Gasteiger partial charge in [-0.05, 0) is 46.2 Å². The lowest BCUT2D eigenvalue weighted by atomic mass is 10.0. The molecule has 7 heteroatoms. The SMILES string of the molecule is COC(=O)c1nn2c(I)cc(C(C)C)cc2c1C(=O)OC. The Morgan fingerprint density at radius 1 is 1.19 bits per heavy atom. The molecule has 0 aromatic carbocycles. The van der Waals surface area contributed by atoms with E-state index in [2.05, 4.69) is 41.5 Å². The Balaban J connectivity index is 2.84. The lowest BCUT2D eigenvalue weighted by Crippen LogP contribution is -2.10. The lowest BCUT2D eigenvalue weighted by Gasteiger charge is -2.08. The standard InChI is InChI=1S/C14H15IN2O4/c1-7(2)8-5-9-11(13(18)20-3)12(14(19)21-4)16-17(9)10(15)6-8/h5-7H,1-4H3. The molecule has 0 unspecified atom stereocenters. The highest BCUT2D eigenvalue weighted by Crippen LogP contribution is 2.25. The Morgan fingerprint density at radius 2 is 1.81 bits per heavy atom. The molecular formula is C14H15IN2O4. The second-order valence-corrected chi connectivity index (χ2v) is 5.88. The van der Waals surface area contributed by atoms with Gasteiger partial charge in [0.05, 0.1) is 19.7 Å². The van der Waals surface area contributed by atoms with E-state index in [0.717, 1.165) is 9.26 Å². The number of fused-ring (bicyclic) bond motifs is 1. The van der Waals surface area contributed by atoms with Crippen LogP contribution in [-0.2, 0) is 9.47 Å². The van der Waals surface area contributed by atoms with E-state index in [1.54, 1.807) is 4.52 Å². The molecule has 0 atom stereocenters. The smallest absolute Gasteiger partial charge is 0.359 e. The van der Waals surface area contributed by atoms with Gasteiger partial charge in [-0.2, -0.15) is 5.10 Å². The van der Waals surface area contributed by atoms with E-state index in [1.807, 2.05) is 12.1 Å². The number of carbonyl (C=O) groups excluding carboxylic acids is 2. The van der Waals surface area contributed by atoms with Crippen LogP contribution in [0.5, 0.6) is 0 Å². The fraction of sp³-hybridized carbons (Fsp3) is 0.357. The van der Waals surface area contributed by atoms with Crippen LogP contribution in [0.3, 0.4) is 0 Å². The van der Waals surface area contributed by atoms with E-state index in [1.165, 1.54) is 14.2 Å². The molecule has 0 aliphatic carbocycles. The summed E-state index contributed by atoms with van der Waals surface area (Å²) in [6.07, 6.45) is 0. The lowest BCUT2D eigenvalue weighted by molar-refractivity contribution is 0.0553. The predicted molar refractivity (Wildman–Crippen MR) is 84.7 cm³/mol. The summed E-state index contributed by atoms with van der Waals surface area (Å²) in [6, 6.07) is 3.81. The average Bonchev–Trinajstić information content (AvgIpc) is 2.85. The molecule has 112 valence electrons. The van der Waals surface area contributed by atoms with Crippen LogP contribution in [0.2, 0.25) is 0 Å². The Labute approximate surface area is 135 Å². The first-order chi connectivity index (χ1) is 9.90. The summed E-state index contributed by atoms with van der Waals surface area (Å²) < 4.78 is 11.8. The molecule has 0 aliphatic heterocycles. The van der Waals surface area contributed by atoms with Crippen LogP contribution in [0, 0.1) is 3.70 Å². The first-order valence-corrected chi connectivity index (χ1v) is 7.37. The van der Waals surface area contributed by atoms with Crippen molar-refractivity contribution < 1.29 is 19.1 Å². The van der Waals surface area contributed by atoms with Crippen LogP contribution in [-0.4, -0.2) is 35.8 Å². The van der Waals surface area contributed by atoms with Crippen molar-refractivity contribution in [1.29, 1.82) is 0 Å². The minimum Gasteiger partial charge on any atom is -0.465 e. The molecule has 2 aromatic heterocycles. The van der Waals surface area contributed by atoms with Gasteiger partial charge in [-0.1, -0.05) is 13.8 Å². The van der Waals surface area contributed by atoms with Crippen molar-refractivity contribution in [2.45, 2.75) is 19.8 Å². The number of hydrogen-bond donors (Lipinski definition) is 0. The van der Waals surface area contributed by atoms with Crippen molar-refractivity contribution in [3.8, 4) is 0 Å². The highest BCUT2D eigenvalue weighted by molar-refractivity contribution is 14.1. The summed E-state index contributed by atoms with van der Waals surface area (Å²) in [5.41, 5.74) is 1.68. The topological polar surface area (TPSA) is 69.9 Å². The monoisotopic (exact) mass is 402 g/mol. The quantitative estimate of drug-likeness (QED) is 0.449. The number of halogens is 1. The second-order valence-electron chi connectivity index (χ2n) is 4.77. The molecule has 6 nitrogen and oxygen atoms in total.